The molecule has 0 bridgehead atoms. The Labute approximate surface area is 119 Å². The van der Waals surface area contributed by atoms with Crippen LogP contribution in [0.4, 0.5) is 4.39 Å². The van der Waals surface area contributed by atoms with Gasteiger partial charge in [-0.1, -0.05) is 25.7 Å². The first-order valence-corrected chi connectivity index (χ1v) is 7.68. The van der Waals surface area contributed by atoms with Crippen molar-refractivity contribution in [1.82, 2.24) is 4.72 Å². The van der Waals surface area contributed by atoms with E-state index in [2.05, 4.69) is 16.6 Å². The molecular formula is C14H18FNO3S. The Bertz CT molecular complexity index is 630. The molecule has 1 rings (SSSR count). The first-order valence-electron chi connectivity index (χ1n) is 6.19. The van der Waals surface area contributed by atoms with Gasteiger partial charge in [0.25, 0.3) is 0 Å². The molecule has 4 nitrogen and oxygen atoms in total. The monoisotopic (exact) mass is 299 g/mol. The summed E-state index contributed by atoms with van der Waals surface area (Å²) in [6, 6.07) is 3.32. The predicted octanol–water partition coefficient (Wildman–Crippen LogP) is 1.49. The Balaban J connectivity index is 3.08. The van der Waals surface area contributed by atoms with Crippen molar-refractivity contribution in [2.24, 2.45) is 5.92 Å². The topological polar surface area (TPSA) is 66.4 Å². The van der Waals surface area contributed by atoms with Crippen LogP contribution < -0.4 is 4.72 Å². The summed E-state index contributed by atoms with van der Waals surface area (Å²) in [5.74, 6) is 4.13. The number of aliphatic hydroxyl groups excluding tert-OH is 1. The zero-order chi connectivity index (χ0) is 15.3. The summed E-state index contributed by atoms with van der Waals surface area (Å²) in [6.45, 7) is 5.13. The summed E-state index contributed by atoms with van der Waals surface area (Å²) < 4.78 is 40.4. The van der Waals surface area contributed by atoms with Gasteiger partial charge in [0.15, 0.2) is 0 Å². The van der Waals surface area contributed by atoms with E-state index in [-0.39, 0.29) is 18.6 Å². The van der Waals surface area contributed by atoms with Gasteiger partial charge in [0.1, 0.15) is 17.3 Å². The van der Waals surface area contributed by atoms with Gasteiger partial charge >= 0.3 is 0 Å². The minimum Gasteiger partial charge on any atom is -0.384 e. The van der Waals surface area contributed by atoms with Gasteiger partial charge in [-0.25, -0.2) is 17.5 Å². The number of aliphatic hydroxyl groups is 1. The molecule has 0 saturated carbocycles. The van der Waals surface area contributed by atoms with Crippen LogP contribution in [0.25, 0.3) is 0 Å². The van der Waals surface area contributed by atoms with E-state index in [0.29, 0.717) is 5.56 Å². The van der Waals surface area contributed by atoms with E-state index in [1.807, 2.05) is 13.8 Å². The van der Waals surface area contributed by atoms with E-state index in [4.69, 9.17) is 5.11 Å². The zero-order valence-corrected chi connectivity index (χ0v) is 12.5. The van der Waals surface area contributed by atoms with Gasteiger partial charge in [-0.05, 0) is 31.0 Å². The summed E-state index contributed by atoms with van der Waals surface area (Å²) >= 11 is 0. The van der Waals surface area contributed by atoms with Crippen molar-refractivity contribution in [2.75, 3.05) is 6.61 Å². The van der Waals surface area contributed by atoms with Crippen LogP contribution in [0.15, 0.2) is 23.1 Å². The second-order valence-electron chi connectivity index (χ2n) is 4.76. The molecule has 0 amide bonds. The molecule has 1 atom stereocenters. The molecule has 0 aliphatic rings. The molecule has 0 aromatic heterocycles. The Hall–Kier alpha value is -1.42. The van der Waals surface area contributed by atoms with E-state index in [1.165, 1.54) is 12.1 Å². The van der Waals surface area contributed by atoms with E-state index in [0.717, 1.165) is 6.07 Å². The fourth-order valence-corrected chi connectivity index (χ4v) is 2.83. The highest BCUT2D eigenvalue weighted by molar-refractivity contribution is 7.89. The Kier molecular flexibility index (Phi) is 5.69. The average Bonchev–Trinajstić information content (AvgIpc) is 2.35. The quantitative estimate of drug-likeness (QED) is 0.828. The van der Waals surface area contributed by atoms with Crippen LogP contribution in [0, 0.1) is 23.6 Å². The van der Waals surface area contributed by atoms with Gasteiger partial charge < -0.3 is 5.11 Å². The maximum absolute atomic E-state index is 13.9. The van der Waals surface area contributed by atoms with Crippen LogP contribution in [0.2, 0.25) is 0 Å². The summed E-state index contributed by atoms with van der Waals surface area (Å²) in [5.41, 5.74) is 0.312. The van der Waals surface area contributed by atoms with Crippen LogP contribution in [0.5, 0.6) is 0 Å². The molecule has 6 heteroatoms. The molecule has 0 aliphatic heterocycles. The van der Waals surface area contributed by atoms with Crippen LogP contribution >= 0.6 is 0 Å². The number of nitrogens with one attached hydrogen (secondary N) is 1. The summed E-state index contributed by atoms with van der Waals surface area (Å²) in [7, 11) is -3.90. The van der Waals surface area contributed by atoms with Crippen molar-refractivity contribution < 1.29 is 17.9 Å². The van der Waals surface area contributed by atoms with Crippen LogP contribution in [0.3, 0.4) is 0 Å². The SMILES string of the molecule is CC(C)C(C)NS(=O)(=O)c1ccc(C#CCO)cc1F. The molecule has 0 aliphatic carbocycles. The van der Waals surface area contributed by atoms with Gasteiger partial charge in [-0.3, -0.25) is 0 Å². The molecule has 0 spiro atoms. The van der Waals surface area contributed by atoms with Gasteiger partial charge in [0.2, 0.25) is 10.0 Å². The first-order chi connectivity index (χ1) is 9.27. The number of halogens is 1. The molecule has 2 N–H and O–H groups in total. The third-order valence-electron chi connectivity index (χ3n) is 2.87. The lowest BCUT2D eigenvalue weighted by Gasteiger charge is -2.17. The van der Waals surface area contributed by atoms with Crippen LogP contribution in [0.1, 0.15) is 26.3 Å². The molecule has 0 saturated heterocycles. The largest absolute Gasteiger partial charge is 0.384 e. The standard InChI is InChI=1S/C14H18FNO3S/c1-10(2)11(3)16-20(18,19)14-7-6-12(5-4-8-17)9-13(14)15/h6-7,9-11,16-17H,8H2,1-3H3. The molecular weight excluding hydrogens is 281 g/mol. The van der Waals surface area contributed by atoms with Gasteiger partial charge in [0.05, 0.1) is 0 Å². The van der Waals surface area contributed by atoms with Crippen molar-refractivity contribution >= 4 is 10.0 Å². The molecule has 0 radical (unpaired) electrons. The lowest BCUT2D eigenvalue weighted by atomic mass is 10.1. The Morgan fingerprint density at radius 3 is 2.50 bits per heavy atom. The summed E-state index contributed by atoms with van der Waals surface area (Å²) in [5, 5.41) is 8.56. The number of hydrogen-bond donors (Lipinski definition) is 2. The van der Waals surface area contributed by atoms with E-state index < -0.39 is 20.7 Å². The fourth-order valence-electron chi connectivity index (χ4n) is 1.38. The van der Waals surface area contributed by atoms with Crippen molar-refractivity contribution in [3.63, 3.8) is 0 Å². The number of benzene rings is 1. The number of sulfonamides is 1. The predicted molar refractivity (Wildman–Crippen MR) is 75.0 cm³/mol. The lowest BCUT2D eigenvalue weighted by molar-refractivity contribution is 0.350. The maximum Gasteiger partial charge on any atom is 0.243 e. The summed E-state index contributed by atoms with van der Waals surface area (Å²) in [4.78, 5) is -0.403. The summed E-state index contributed by atoms with van der Waals surface area (Å²) in [6.07, 6.45) is 0. The Morgan fingerprint density at radius 1 is 1.35 bits per heavy atom. The lowest BCUT2D eigenvalue weighted by Crippen LogP contribution is -2.36. The fraction of sp³-hybridized carbons (Fsp3) is 0.429. The molecule has 0 heterocycles. The normalized spacial score (nSPS) is 12.9. The smallest absolute Gasteiger partial charge is 0.243 e. The van der Waals surface area contributed by atoms with Gasteiger partial charge in [0, 0.05) is 11.6 Å². The van der Waals surface area contributed by atoms with Crippen molar-refractivity contribution in [2.45, 2.75) is 31.7 Å². The highest BCUT2D eigenvalue weighted by atomic mass is 32.2. The minimum absolute atomic E-state index is 0.0996. The molecule has 1 aromatic carbocycles. The minimum atomic E-state index is -3.90. The van der Waals surface area contributed by atoms with Crippen molar-refractivity contribution in [3.8, 4) is 11.8 Å². The molecule has 20 heavy (non-hydrogen) atoms. The van der Waals surface area contributed by atoms with E-state index in [1.54, 1.807) is 6.92 Å². The van der Waals surface area contributed by atoms with Crippen molar-refractivity contribution in [1.29, 1.82) is 0 Å². The molecule has 1 unspecified atom stereocenters. The molecule has 1 aromatic rings. The molecule has 0 fully saturated rings. The average molecular weight is 299 g/mol. The van der Waals surface area contributed by atoms with Crippen molar-refractivity contribution in [3.05, 3.63) is 29.6 Å². The van der Waals surface area contributed by atoms with Crippen LogP contribution in [-0.4, -0.2) is 26.2 Å². The number of hydrogen-bond acceptors (Lipinski definition) is 3. The van der Waals surface area contributed by atoms with Gasteiger partial charge in [-0.15, -0.1) is 0 Å². The Morgan fingerprint density at radius 2 is 2.00 bits per heavy atom. The third-order valence-corrected chi connectivity index (χ3v) is 4.47. The highest BCUT2D eigenvalue weighted by Crippen LogP contribution is 2.17. The maximum atomic E-state index is 13.9. The first kappa shape index (κ1) is 16.6. The zero-order valence-electron chi connectivity index (χ0n) is 11.6. The van der Waals surface area contributed by atoms with Crippen LogP contribution in [-0.2, 0) is 10.0 Å². The number of rotatable bonds is 4. The highest BCUT2D eigenvalue weighted by Gasteiger charge is 2.22. The van der Waals surface area contributed by atoms with Gasteiger partial charge in [-0.2, -0.15) is 0 Å². The van der Waals surface area contributed by atoms with E-state index in [9.17, 15) is 12.8 Å². The molecule has 110 valence electrons. The van der Waals surface area contributed by atoms with E-state index >= 15 is 0 Å². The second-order valence-corrected chi connectivity index (χ2v) is 6.44. The third kappa shape index (κ3) is 4.30. The second kappa shape index (κ2) is 6.84.